The van der Waals surface area contributed by atoms with Crippen LogP contribution in [0.25, 0.3) is 34.1 Å². The Balaban J connectivity index is 1.87. The van der Waals surface area contributed by atoms with Crippen molar-refractivity contribution in [1.29, 1.82) is 0 Å². The van der Waals surface area contributed by atoms with Gasteiger partial charge in [-0.1, -0.05) is 72.8 Å². The number of benzene rings is 3. The van der Waals surface area contributed by atoms with E-state index in [-0.39, 0.29) is 5.76 Å². The van der Waals surface area contributed by atoms with Gasteiger partial charge in [0.2, 0.25) is 0 Å². The zero-order valence-electron chi connectivity index (χ0n) is 14.8. The van der Waals surface area contributed by atoms with Crippen molar-refractivity contribution < 1.29 is 17.8 Å². The number of nitrogens with zero attached hydrogens (tertiary/aromatic N) is 2. The monoisotopic (exact) mass is 372 g/mol. The molecule has 0 N–H and O–H groups in total. The molecule has 0 aliphatic carbocycles. The quantitative estimate of drug-likeness (QED) is 0.466. The normalized spacial score (nSPS) is 14.9. The highest BCUT2D eigenvalue weighted by molar-refractivity contribution is 6.52. The van der Waals surface area contributed by atoms with Crippen LogP contribution in [0, 0.1) is 0 Å². The van der Waals surface area contributed by atoms with Crippen LogP contribution in [0.2, 0.25) is 0 Å². The van der Waals surface area contributed by atoms with E-state index in [1.165, 1.54) is 0 Å². The molecule has 5 rings (SSSR count). The van der Waals surface area contributed by atoms with E-state index in [2.05, 4.69) is 0 Å². The fraction of sp³-hybridized carbons (Fsp3) is 0. The van der Waals surface area contributed by atoms with Crippen molar-refractivity contribution in [2.24, 2.45) is 0 Å². The molecule has 6 heteroatoms. The van der Waals surface area contributed by atoms with Crippen LogP contribution in [0.5, 0.6) is 0 Å². The van der Waals surface area contributed by atoms with E-state index in [0.717, 1.165) is 10.0 Å². The highest BCUT2D eigenvalue weighted by atomic mass is 19.3. The molecule has 2 heterocycles. The highest BCUT2D eigenvalue weighted by Crippen LogP contribution is 2.33. The maximum atomic E-state index is 15.3. The van der Waals surface area contributed by atoms with E-state index in [1.54, 1.807) is 54.6 Å². The molecule has 0 saturated carbocycles. The molecule has 136 valence electrons. The Hall–Kier alpha value is -3.54. The molecule has 3 aromatic carbocycles. The van der Waals surface area contributed by atoms with E-state index in [0.29, 0.717) is 28.0 Å². The molecule has 0 amide bonds. The highest BCUT2D eigenvalue weighted by Gasteiger charge is 2.51. The van der Waals surface area contributed by atoms with E-state index in [4.69, 9.17) is 9.64 Å². The number of hydrogen-bond donors (Lipinski definition) is 0. The Morgan fingerprint density at radius 2 is 1.36 bits per heavy atom. The van der Waals surface area contributed by atoms with Gasteiger partial charge in [0.05, 0.1) is 5.76 Å². The number of para-hydroxylation sites is 2. The summed E-state index contributed by atoms with van der Waals surface area (Å²) in [6.45, 7) is 0. The van der Waals surface area contributed by atoms with Crippen molar-refractivity contribution in [3.8, 4) is 11.3 Å². The maximum absolute atomic E-state index is 15.3. The predicted molar refractivity (Wildman–Crippen MR) is 106 cm³/mol. The molecule has 28 heavy (non-hydrogen) atoms. The first-order chi connectivity index (χ1) is 13.6. The van der Waals surface area contributed by atoms with Gasteiger partial charge < -0.3 is 17.8 Å². The maximum Gasteiger partial charge on any atom is 0.834 e. The average Bonchev–Trinajstić information content (AvgIpc) is 2.73. The summed E-state index contributed by atoms with van der Waals surface area (Å²) < 4.78 is 36.8. The second-order valence-electron chi connectivity index (χ2n) is 6.62. The van der Waals surface area contributed by atoms with Gasteiger partial charge in [0.15, 0.2) is 11.2 Å². The smallest absolute Gasteiger partial charge is 0.599 e. The predicted octanol–water partition coefficient (Wildman–Crippen LogP) is 4.94. The summed E-state index contributed by atoms with van der Waals surface area (Å²) in [5, 5.41) is 0. The van der Waals surface area contributed by atoms with E-state index in [9.17, 15) is 0 Å². The van der Waals surface area contributed by atoms with E-state index < -0.39 is 7.04 Å². The lowest BCUT2D eigenvalue weighted by atomic mass is 9.95. The minimum absolute atomic E-state index is 0.139. The zero-order valence-corrected chi connectivity index (χ0v) is 14.8. The third-order valence-electron chi connectivity index (χ3n) is 4.82. The molecule has 0 spiro atoms. The fourth-order valence-electron chi connectivity index (χ4n) is 3.57. The number of rotatable bonds is 2. The van der Waals surface area contributed by atoms with Crippen molar-refractivity contribution >= 4 is 29.9 Å². The van der Waals surface area contributed by atoms with Gasteiger partial charge in [-0.2, -0.15) is 0 Å². The number of halogens is 2. The van der Waals surface area contributed by atoms with E-state index >= 15 is 8.63 Å². The topological polar surface area (TPSA) is 26.0 Å². The van der Waals surface area contributed by atoms with Crippen molar-refractivity contribution in [3.63, 3.8) is 0 Å². The van der Waals surface area contributed by atoms with Crippen LogP contribution in [0.4, 0.5) is 8.63 Å². The molecule has 4 aromatic rings. The van der Waals surface area contributed by atoms with Crippen molar-refractivity contribution in [2.75, 3.05) is 0 Å². The third kappa shape index (κ3) is 2.65. The lowest BCUT2D eigenvalue weighted by molar-refractivity contribution is -0.556. The molecule has 1 aromatic heterocycles. The number of aromatic nitrogens is 2. The molecular formula is C22H15BF2N2O. The van der Waals surface area contributed by atoms with Crippen molar-refractivity contribution in [1.82, 2.24) is 4.98 Å². The molecule has 0 fully saturated rings. The van der Waals surface area contributed by atoms with Crippen LogP contribution in [0.1, 0.15) is 11.3 Å². The molecule has 1 aliphatic heterocycles. The second-order valence-corrected chi connectivity index (χ2v) is 6.62. The van der Waals surface area contributed by atoms with Gasteiger partial charge in [0.25, 0.3) is 0 Å². The fourth-order valence-corrected chi connectivity index (χ4v) is 3.57. The molecule has 0 saturated heterocycles. The lowest BCUT2D eigenvalue weighted by Crippen LogP contribution is -2.64. The molecule has 0 atom stereocenters. The van der Waals surface area contributed by atoms with Crippen LogP contribution in [0.3, 0.4) is 0 Å². The Morgan fingerprint density at radius 3 is 2.07 bits per heavy atom. The summed E-state index contributed by atoms with van der Waals surface area (Å²) in [6, 6.07) is 25.2. The van der Waals surface area contributed by atoms with Crippen molar-refractivity contribution in [2.45, 2.75) is 0 Å². The molecule has 3 nitrogen and oxygen atoms in total. The standard InChI is InChI=1S/C22H15BF2N2O/c24-23(25)27-19-14-8-7-13-18(19)26-22(17-11-5-2-6-12-17)20(27)15-21(28-23)16-9-3-1-4-10-16/h1-15H. The van der Waals surface area contributed by atoms with Crippen LogP contribution in [0.15, 0.2) is 84.9 Å². The Labute approximate surface area is 160 Å². The minimum atomic E-state index is -4.33. The molecule has 0 bridgehead atoms. The van der Waals surface area contributed by atoms with Gasteiger partial charge in [-0.25, -0.2) is 4.98 Å². The van der Waals surface area contributed by atoms with Crippen LogP contribution in [-0.4, -0.2) is 12.0 Å². The van der Waals surface area contributed by atoms with Crippen LogP contribution in [-0.2, 0) is 4.65 Å². The SMILES string of the molecule is F[B-]1(F)OC(c2ccccc2)=Cc2c(-c3ccccc3)nc3ccccc3[n+]21. The summed E-state index contributed by atoms with van der Waals surface area (Å²) >= 11 is 0. The minimum Gasteiger partial charge on any atom is -0.599 e. The summed E-state index contributed by atoms with van der Waals surface area (Å²) in [4.78, 5) is 4.71. The molecular weight excluding hydrogens is 357 g/mol. The number of fused-ring (bicyclic) bond motifs is 3. The second kappa shape index (κ2) is 6.27. The third-order valence-corrected chi connectivity index (χ3v) is 4.82. The van der Waals surface area contributed by atoms with Crippen LogP contribution < -0.4 is 4.48 Å². The van der Waals surface area contributed by atoms with Gasteiger partial charge in [-0.05, 0) is 6.07 Å². The Morgan fingerprint density at radius 1 is 0.750 bits per heavy atom. The zero-order chi connectivity index (χ0) is 19.1. The summed E-state index contributed by atoms with van der Waals surface area (Å²) in [6.07, 6.45) is 1.65. The van der Waals surface area contributed by atoms with Crippen LogP contribution >= 0.6 is 0 Å². The molecule has 0 unspecified atom stereocenters. The molecule has 1 aliphatic rings. The summed E-state index contributed by atoms with van der Waals surface area (Å²) in [7, 11) is -4.33. The summed E-state index contributed by atoms with van der Waals surface area (Å²) in [5.74, 6) is 0.139. The van der Waals surface area contributed by atoms with Gasteiger partial charge in [-0.3, -0.25) is 0 Å². The lowest BCUT2D eigenvalue weighted by Gasteiger charge is -2.29. The first kappa shape index (κ1) is 16.6. The number of hydrogen-bond acceptors (Lipinski definition) is 2. The first-order valence-electron chi connectivity index (χ1n) is 9.00. The average molecular weight is 372 g/mol. The van der Waals surface area contributed by atoms with E-state index in [1.807, 2.05) is 36.4 Å². The van der Waals surface area contributed by atoms with Gasteiger partial charge in [-0.15, -0.1) is 0 Å². The van der Waals surface area contributed by atoms with Crippen molar-refractivity contribution in [3.05, 3.63) is 96.2 Å². The Kier molecular flexibility index (Phi) is 3.72. The largest absolute Gasteiger partial charge is 0.834 e. The van der Waals surface area contributed by atoms with Gasteiger partial charge >= 0.3 is 7.04 Å². The first-order valence-corrected chi connectivity index (χ1v) is 9.00. The Bertz CT molecular complexity index is 1210. The molecule has 0 radical (unpaired) electrons. The summed E-state index contributed by atoms with van der Waals surface area (Å²) in [5.41, 5.74) is 3.03. The van der Waals surface area contributed by atoms with Gasteiger partial charge in [0, 0.05) is 23.3 Å². The van der Waals surface area contributed by atoms with Gasteiger partial charge in [0.1, 0.15) is 11.2 Å².